The van der Waals surface area contributed by atoms with E-state index in [2.05, 4.69) is 0 Å². The summed E-state index contributed by atoms with van der Waals surface area (Å²) in [6, 6.07) is 0.0390. The van der Waals surface area contributed by atoms with Crippen LogP contribution < -0.4 is 5.14 Å². The number of nitrogens with zero attached hydrogens (tertiary/aromatic N) is 1. The van der Waals surface area contributed by atoms with Gasteiger partial charge in [0.2, 0.25) is 0 Å². The summed E-state index contributed by atoms with van der Waals surface area (Å²) in [5.74, 6) is 0. The van der Waals surface area contributed by atoms with Crippen LogP contribution in [0.15, 0.2) is 0 Å². The van der Waals surface area contributed by atoms with Crippen LogP contribution in [0.1, 0.15) is 12.8 Å². The molecule has 1 rings (SSSR count). The first-order valence-corrected chi connectivity index (χ1v) is 4.96. The zero-order valence-corrected chi connectivity index (χ0v) is 6.92. The Labute approximate surface area is 66.0 Å². The van der Waals surface area contributed by atoms with E-state index in [1.807, 2.05) is 0 Å². The monoisotopic (exact) mass is 180 g/mol. The smallest absolute Gasteiger partial charge is 0.277 e. The number of rotatable bonds is 4. The van der Waals surface area contributed by atoms with Crippen molar-refractivity contribution in [3.8, 4) is 0 Å². The van der Waals surface area contributed by atoms with E-state index in [4.69, 9.17) is 10.2 Å². The lowest BCUT2D eigenvalue weighted by molar-refractivity contribution is 0.250. The fraction of sp³-hybridized carbons (Fsp3) is 1.00. The van der Waals surface area contributed by atoms with Crippen molar-refractivity contribution < 1.29 is 13.5 Å². The highest BCUT2D eigenvalue weighted by Crippen LogP contribution is 2.27. The van der Waals surface area contributed by atoms with E-state index < -0.39 is 10.2 Å². The third-order valence-corrected chi connectivity index (χ3v) is 2.74. The van der Waals surface area contributed by atoms with Crippen LogP contribution in [-0.2, 0) is 10.2 Å². The molecule has 6 heteroatoms. The molecular weight excluding hydrogens is 168 g/mol. The summed E-state index contributed by atoms with van der Waals surface area (Å²) in [5.41, 5.74) is 0. The topological polar surface area (TPSA) is 83.6 Å². The van der Waals surface area contributed by atoms with E-state index in [-0.39, 0.29) is 19.2 Å². The van der Waals surface area contributed by atoms with E-state index in [1.54, 1.807) is 0 Å². The van der Waals surface area contributed by atoms with Crippen LogP contribution >= 0.6 is 0 Å². The highest BCUT2D eigenvalue weighted by molar-refractivity contribution is 7.86. The molecule has 0 atom stereocenters. The van der Waals surface area contributed by atoms with Crippen LogP contribution in [0.3, 0.4) is 0 Å². The lowest BCUT2D eigenvalue weighted by atomic mass is 10.6. The van der Waals surface area contributed by atoms with E-state index in [1.165, 1.54) is 0 Å². The number of aliphatic hydroxyl groups excluding tert-OH is 1. The molecule has 5 nitrogen and oxygen atoms in total. The minimum atomic E-state index is -3.59. The van der Waals surface area contributed by atoms with Gasteiger partial charge in [-0.25, -0.2) is 5.14 Å². The van der Waals surface area contributed by atoms with Gasteiger partial charge in [0.15, 0.2) is 0 Å². The van der Waals surface area contributed by atoms with E-state index in [0.717, 1.165) is 17.1 Å². The van der Waals surface area contributed by atoms with E-state index in [9.17, 15) is 8.42 Å². The second-order valence-electron chi connectivity index (χ2n) is 2.61. The Morgan fingerprint density at radius 1 is 1.55 bits per heavy atom. The number of nitrogens with two attached hydrogens (primary N) is 1. The van der Waals surface area contributed by atoms with E-state index >= 15 is 0 Å². The average Bonchev–Trinajstić information content (AvgIpc) is 2.61. The third kappa shape index (κ3) is 2.41. The molecule has 0 amide bonds. The van der Waals surface area contributed by atoms with Gasteiger partial charge in [-0.05, 0) is 12.8 Å². The maximum absolute atomic E-state index is 10.8. The predicted molar refractivity (Wildman–Crippen MR) is 39.9 cm³/mol. The molecule has 66 valence electrons. The molecule has 0 aromatic rings. The fourth-order valence-electron chi connectivity index (χ4n) is 0.979. The quantitative estimate of drug-likeness (QED) is 0.561. The Kier molecular flexibility index (Phi) is 2.48. The molecular formula is C5H12N2O3S. The Balaban J connectivity index is 2.59. The second kappa shape index (κ2) is 3.06. The maximum Gasteiger partial charge on any atom is 0.277 e. The number of aliphatic hydroxyl groups is 1. The van der Waals surface area contributed by atoms with Gasteiger partial charge in [0.25, 0.3) is 10.2 Å². The molecule has 3 N–H and O–H groups in total. The zero-order chi connectivity index (χ0) is 8.48. The first-order valence-electron chi connectivity index (χ1n) is 3.46. The minimum Gasteiger partial charge on any atom is -0.395 e. The molecule has 0 unspecified atom stereocenters. The van der Waals surface area contributed by atoms with Gasteiger partial charge in [0.05, 0.1) is 6.61 Å². The molecule has 1 aliphatic rings. The standard InChI is InChI=1S/C5H12N2O3S/c6-11(9,10)7(3-4-8)5-1-2-5/h5,8H,1-4H2,(H2,6,9,10). The number of hydrogen-bond donors (Lipinski definition) is 2. The van der Waals surface area contributed by atoms with Gasteiger partial charge in [0.1, 0.15) is 0 Å². The zero-order valence-electron chi connectivity index (χ0n) is 6.10. The molecule has 11 heavy (non-hydrogen) atoms. The van der Waals surface area contributed by atoms with Crippen LogP contribution in [0.5, 0.6) is 0 Å². The van der Waals surface area contributed by atoms with Crippen molar-refractivity contribution in [1.82, 2.24) is 4.31 Å². The average molecular weight is 180 g/mol. The summed E-state index contributed by atoms with van der Waals surface area (Å²) >= 11 is 0. The summed E-state index contributed by atoms with van der Waals surface area (Å²) in [6.07, 6.45) is 1.72. The van der Waals surface area contributed by atoms with E-state index in [0.29, 0.717) is 0 Å². The van der Waals surface area contributed by atoms with Gasteiger partial charge in [-0.15, -0.1) is 0 Å². The molecule has 1 fully saturated rings. The van der Waals surface area contributed by atoms with Crippen molar-refractivity contribution in [3.63, 3.8) is 0 Å². The Bertz CT molecular complexity index is 222. The van der Waals surface area contributed by atoms with Crippen molar-refractivity contribution >= 4 is 10.2 Å². The molecule has 0 aromatic carbocycles. The minimum absolute atomic E-state index is 0.0390. The lowest BCUT2D eigenvalue weighted by Crippen LogP contribution is -2.40. The van der Waals surface area contributed by atoms with Crippen molar-refractivity contribution in [3.05, 3.63) is 0 Å². The van der Waals surface area contributed by atoms with Gasteiger partial charge < -0.3 is 5.11 Å². The Morgan fingerprint density at radius 3 is 2.36 bits per heavy atom. The van der Waals surface area contributed by atoms with Crippen LogP contribution in [0, 0.1) is 0 Å². The molecule has 0 saturated heterocycles. The molecule has 0 bridgehead atoms. The molecule has 0 aliphatic heterocycles. The van der Waals surface area contributed by atoms with Crippen LogP contribution in [-0.4, -0.2) is 37.0 Å². The second-order valence-corrected chi connectivity index (χ2v) is 4.11. The summed E-state index contributed by atoms with van der Waals surface area (Å²) in [5, 5.41) is 13.4. The highest BCUT2D eigenvalue weighted by Gasteiger charge is 2.34. The normalized spacial score (nSPS) is 19.2. The molecule has 1 saturated carbocycles. The summed E-state index contributed by atoms with van der Waals surface area (Å²) < 4.78 is 22.7. The fourth-order valence-corrected chi connectivity index (χ4v) is 1.94. The van der Waals surface area contributed by atoms with Gasteiger partial charge in [-0.1, -0.05) is 0 Å². The molecule has 0 spiro atoms. The molecule has 0 radical (unpaired) electrons. The molecule has 0 heterocycles. The lowest BCUT2D eigenvalue weighted by Gasteiger charge is -2.16. The first kappa shape index (κ1) is 8.92. The van der Waals surface area contributed by atoms with Crippen LogP contribution in [0.4, 0.5) is 0 Å². The molecule has 0 aromatic heterocycles. The summed E-state index contributed by atoms with van der Waals surface area (Å²) in [4.78, 5) is 0. The molecule has 1 aliphatic carbocycles. The third-order valence-electron chi connectivity index (χ3n) is 1.60. The maximum atomic E-state index is 10.8. The number of hydrogen-bond acceptors (Lipinski definition) is 3. The van der Waals surface area contributed by atoms with Crippen LogP contribution in [0.2, 0.25) is 0 Å². The summed E-state index contributed by atoms with van der Waals surface area (Å²) in [7, 11) is -3.59. The largest absolute Gasteiger partial charge is 0.395 e. The van der Waals surface area contributed by atoms with Crippen molar-refractivity contribution in [2.45, 2.75) is 18.9 Å². The van der Waals surface area contributed by atoms with Crippen molar-refractivity contribution in [1.29, 1.82) is 0 Å². The Hall–Kier alpha value is -0.170. The van der Waals surface area contributed by atoms with Crippen molar-refractivity contribution in [2.75, 3.05) is 13.2 Å². The van der Waals surface area contributed by atoms with Gasteiger partial charge in [-0.3, -0.25) is 0 Å². The highest BCUT2D eigenvalue weighted by atomic mass is 32.2. The first-order chi connectivity index (χ1) is 5.05. The summed E-state index contributed by atoms with van der Waals surface area (Å²) in [6.45, 7) is -0.0591. The van der Waals surface area contributed by atoms with Crippen LogP contribution in [0.25, 0.3) is 0 Å². The van der Waals surface area contributed by atoms with Gasteiger partial charge >= 0.3 is 0 Å². The SMILES string of the molecule is NS(=O)(=O)N(CCO)C1CC1. The predicted octanol–water partition coefficient (Wildman–Crippen LogP) is -1.35. The van der Waals surface area contributed by atoms with Gasteiger partial charge in [-0.2, -0.15) is 12.7 Å². The Morgan fingerprint density at radius 2 is 2.09 bits per heavy atom. The van der Waals surface area contributed by atoms with Gasteiger partial charge in [0, 0.05) is 12.6 Å². The van der Waals surface area contributed by atoms with Crippen molar-refractivity contribution in [2.24, 2.45) is 5.14 Å².